The number of carbonyl (C=O) groups excluding carboxylic acids is 1. The molecule has 7 nitrogen and oxygen atoms in total. The minimum atomic E-state index is -0.0225. The Morgan fingerprint density at radius 2 is 1.67 bits per heavy atom. The Labute approximate surface area is 175 Å². The van der Waals surface area contributed by atoms with Crippen molar-refractivity contribution in [1.29, 1.82) is 0 Å². The van der Waals surface area contributed by atoms with Gasteiger partial charge in [-0.05, 0) is 30.2 Å². The second-order valence-electron chi connectivity index (χ2n) is 7.21. The van der Waals surface area contributed by atoms with Crippen LogP contribution in [0.25, 0.3) is 5.65 Å². The lowest BCUT2D eigenvalue weighted by atomic mass is 10.1. The van der Waals surface area contributed by atoms with Crippen LogP contribution in [0.4, 0.5) is 5.82 Å². The van der Waals surface area contributed by atoms with Crippen molar-refractivity contribution in [1.82, 2.24) is 25.1 Å². The molecule has 0 aliphatic rings. The highest BCUT2D eigenvalue weighted by molar-refractivity contribution is 5.76. The molecule has 1 amide bonds. The van der Waals surface area contributed by atoms with Gasteiger partial charge in [0.15, 0.2) is 11.5 Å². The first-order valence-corrected chi connectivity index (χ1v) is 9.99. The highest BCUT2D eigenvalue weighted by Gasteiger charge is 2.10. The number of amides is 1. The number of nitrogens with zero attached hydrogens (tertiary/aromatic N) is 4. The van der Waals surface area contributed by atoms with E-state index in [0.717, 1.165) is 11.4 Å². The van der Waals surface area contributed by atoms with Crippen LogP contribution in [0.1, 0.15) is 28.9 Å². The zero-order valence-electron chi connectivity index (χ0n) is 16.9. The number of nitrogens with one attached hydrogen (secondary N) is 2. The Morgan fingerprint density at radius 1 is 0.900 bits per heavy atom. The summed E-state index contributed by atoms with van der Waals surface area (Å²) in [7, 11) is 0. The molecule has 0 saturated carbocycles. The normalized spacial score (nSPS) is 10.8. The van der Waals surface area contributed by atoms with Crippen LogP contribution in [-0.4, -0.2) is 25.7 Å². The summed E-state index contributed by atoms with van der Waals surface area (Å²) < 4.78 is 1.70. The molecule has 0 spiro atoms. The highest BCUT2D eigenvalue weighted by atomic mass is 16.1. The molecule has 4 rings (SSSR count). The molecule has 0 radical (unpaired) electrons. The fourth-order valence-corrected chi connectivity index (χ4v) is 3.09. The Hall–Kier alpha value is -3.74. The molecular weight excluding hydrogens is 376 g/mol. The van der Waals surface area contributed by atoms with E-state index >= 15 is 0 Å². The lowest BCUT2D eigenvalue weighted by Crippen LogP contribution is -2.23. The SMILES string of the molecule is Cc1ccc(CNC(=O)CCc2nnc3ccc(NCc4ccccc4)nn23)cc1. The molecule has 4 aromatic rings. The van der Waals surface area contributed by atoms with Crippen LogP contribution in [0.15, 0.2) is 66.7 Å². The van der Waals surface area contributed by atoms with E-state index < -0.39 is 0 Å². The number of hydrogen-bond acceptors (Lipinski definition) is 5. The van der Waals surface area contributed by atoms with Gasteiger partial charge in [-0.2, -0.15) is 4.52 Å². The fourth-order valence-electron chi connectivity index (χ4n) is 3.09. The quantitative estimate of drug-likeness (QED) is 0.474. The van der Waals surface area contributed by atoms with E-state index in [-0.39, 0.29) is 5.91 Å². The predicted molar refractivity (Wildman–Crippen MR) is 116 cm³/mol. The van der Waals surface area contributed by atoms with Crippen molar-refractivity contribution in [3.8, 4) is 0 Å². The summed E-state index contributed by atoms with van der Waals surface area (Å²) in [5, 5.41) is 19.2. The molecule has 2 aromatic heterocycles. The molecule has 0 atom stereocenters. The molecule has 0 bridgehead atoms. The van der Waals surface area contributed by atoms with Crippen LogP contribution in [0.3, 0.4) is 0 Å². The standard InChI is InChI=1S/C23H24N6O/c1-17-7-9-19(10-8-17)16-25-23(30)14-13-22-27-26-21-12-11-20(28-29(21)22)24-15-18-5-3-2-4-6-18/h2-12H,13-16H2,1H3,(H,24,28)(H,25,30). The summed E-state index contributed by atoms with van der Waals surface area (Å²) in [6.45, 7) is 3.24. The summed E-state index contributed by atoms with van der Waals surface area (Å²) in [6, 6.07) is 22.0. The summed E-state index contributed by atoms with van der Waals surface area (Å²) in [5.74, 6) is 1.38. The average Bonchev–Trinajstić information content (AvgIpc) is 3.19. The largest absolute Gasteiger partial charge is 0.365 e. The third-order valence-corrected chi connectivity index (χ3v) is 4.83. The van der Waals surface area contributed by atoms with Crippen LogP contribution in [0.5, 0.6) is 0 Å². The van der Waals surface area contributed by atoms with Gasteiger partial charge in [-0.25, -0.2) is 0 Å². The van der Waals surface area contributed by atoms with Crippen molar-refractivity contribution in [3.05, 3.63) is 89.2 Å². The van der Waals surface area contributed by atoms with Crippen molar-refractivity contribution in [2.45, 2.75) is 32.9 Å². The van der Waals surface area contributed by atoms with Gasteiger partial charge >= 0.3 is 0 Å². The Balaban J connectivity index is 1.34. The van der Waals surface area contributed by atoms with Crippen LogP contribution >= 0.6 is 0 Å². The molecule has 0 unspecified atom stereocenters. The number of hydrogen-bond donors (Lipinski definition) is 2. The van der Waals surface area contributed by atoms with Crippen LogP contribution < -0.4 is 10.6 Å². The summed E-state index contributed by atoms with van der Waals surface area (Å²) in [6.07, 6.45) is 0.798. The van der Waals surface area contributed by atoms with Gasteiger partial charge in [-0.15, -0.1) is 15.3 Å². The van der Waals surface area contributed by atoms with Crippen molar-refractivity contribution >= 4 is 17.4 Å². The summed E-state index contributed by atoms with van der Waals surface area (Å²) in [4.78, 5) is 12.2. The van der Waals surface area contributed by atoms with Gasteiger partial charge in [0, 0.05) is 25.9 Å². The summed E-state index contributed by atoms with van der Waals surface area (Å²) in [5.41, 5.74) is 4.12. The molecule has 2 aromatic carbocycles. The third-order valence-electron chi connectivity index (χ3n) is 4.83. The number of aryl methyl sites for hydroxylation is 2. The van der Waals surface area contributed by atoms with Crippen molar-refractivity contribution in [2.75, 3.05) is 5.32 Å². The first kappa shape index (κ1) is 19.6. The number of anilines is 1. The maximum atomic E-state index is 12.2. The van der Waals surface area contributed by atoms with Gasteiger partial charge in [0.1, 0.15) is 5.82 Å². The van der Waals surface area contributed by atoms with E-state index in [0.29, 0.717) is 37.4 Å². The molecule has 2 heterocycles. The fraction of sp³-hybridized carbons (Fsp3) is 0.217. The first-order chi connectivity index (χ1) is 14.7. The smallest absolute Gasteiger partial charge is 0.220 e. The molecule has 0 fully saturated rings. The number of rotatable bonds is 8. The molecule has 30 heavy (non-hydrogen) atoms. The molecule has 0 saturated heterocycles. The van der Waals surface area contributed by atoms with E-state index in [9.17, 15) is 4.79 Å². The second-order valence-corrected chi connectivity index (χ2v) is 7.21. The van der Waals surface area contributed by atoms with Crippen molar-refractivity contribution in [3.63, 3.8) is 0 Å². The molecule has 0 aliphatic carbocycles. The maximum absolute atomic E-state index is 12.2. The third kappa shape index (κ3) is 5.00. The van der Waals surface area contributed by atoms with Gasteiger partial charge < -0.3 is 10.6 Å². The first-order valence-electron chi connectivity index (χ1n) is 9.99. The topological polar surface area (TPSA) is 84.2 Å². The van der Waals surface area contributed by atoms with Crippen molar-refractivity contribution < 1.29 is 4.79 Å². The molecule has 0 aliphatic heterocycles. The van der Waals surface area contributed by atoms with Crippen molar-refractivity contribution in [2.24, 2.45) is 0 Å². The minimum Gasteiger partial charge on any atom is -0.365 e. The van der Waals surface area contributed by atoms with E-state index in [1.165, 1.54) is 11.1 Å². The predicted octanol–water partition coefficient (Wildman–Crippen LogP) is 3.29. The van der Waals surface area contributed by atoms with E-state index in [1.807, 2.05) is 61.5 Å². The van der Waals surface area contributed by atoms with E-state index in [1.54, 1.807) is 4.52 Å². The minimum absolute atomic E-state index is 0.0225. The van der Waals surface area contributed by atoms with E-state index in [4.69, 9.17) is 0 Å². The Bertz CT molecular complexity index is 1120. The van der Waals surface area contributed by atoms with Crippen LogP contribution in [-0.2, 0) is 24.3 Å². The summed E-state index contributed by atoms with van der Waals surface area (Å²) >= 11 is 0. The maximum Gasteiger partial charge on any atom is 0.220 e. The Kier molecular flexibility index (Phi) is 5.98. The van der Waals surface area contributed by atoms with Gasteiger partial charge in [0.2, 0.25) is 5.91 Å². The monoisotopic (exact) mass is 400 g/mol. The van der Waals surface area contributed by atoms with Crippen LogP contribution in [0.2, 0.25) is 0 Å². The molecule has 7 heteroatoms. The highest BCUT2D eigenvalue weighted by Crippen LogP contribution is 2.10. The molecule has 152 valence electrons. The molecule has 2 N–H and O–H groups in total. The van der Waals surface area contributed by atoms with Gasteiger partial charge in [-0.3, -0.25) is 4.79 Å². The lowest BCUT2D eigenvalue weighted by Gasteiger charge is -2.07. The van der Waals surface area contributed by atoms with Gasteiger partial charge in [-0.1, -0.05) is 60.2 Å². The Morgan fingerprint density at radius 3 is 2.47 bits per heavy atom. The van der Waals surface area contributed by atoms with Gasteiger partial charge in [0.25, 0.3) is 0 Å². The van der Waals surface area contributed by atoms with Crippen LogP contribution in [0, 0.1) is 6.92 Å². The van der Waals surface area contributed by atoms with E-state index in [2.05, 4.69) is 38.1 Å². The van der Waals surface area contributed by atoms with Gasteiger partial charge in [0.05, 0.1) is 0 Å². The number of carbonyl (C=O) groups is 1. The molecular formula is C23H24N6O. The zero-order chi connectivity index (χ0) is 20.8. The average molecular weight is 400 g/mol. The second kappa shape index (κ2) is 9.17. The number of benzene rings is 2. The number of fused-ring (bicyclic) bond motifs is 1. The number of aromatic nitrogens is 4. The zero-order valence-corrected chi connectivity index (χ0v) is 16.9. The lowest BCUT2D eigenvalue weighted by molar-refractivity contribution is -0.121.